The third-order valence-electron chi connectivity index (χ3n) is 3.97. The second kappa shape index (κ2) is 6.64. The van der Waals surface area contributed by atoms with Crippen LogP contribution in [-0.4, -0.2) is 12.6 Å². The zero-order valence-electron chi connectivity index (χ0n) is 11.8. The van der Waals surface area contributed by atoms with Crippen LogP contribution in [0.2, 0.25) is 0 Å². The van der Waals surface area contributed by atoms with Crippen LogP contribution in [0.15, 0.2) is 0 Å². The Balaban J connectivity index is 2.13. The van der Waals surface area contributed by atoms with E-state index in [1.807, 2.05) is 0 Å². The van der Waals surface area contributed by atoms with Gasteiger partial charge in [0.2, 0.25) is 0 Å². The Bertz CT molecular complexity index is 184. The van der Waals surface area contributed by atoms with Gasteiger partial charge >= 0.3 is 0 Å². The molecule has 0 aromatic heterocycles. The van der Waals surface area contributed by atoms with E-state index in [1.54, 1.807) is 0 Å². The molecule has 1 nitrogen and oxygen atoms in total. The largest absolute Gasteiger partial charge is 0.314 e. The SMILES string of the molecule is CC(C)CCCNC1CCCC(C)(C)CC1. The van der Waals surface area contributed by atoms with Gasteiger partial charge in [0.05, 0.1) is 0 Å². The van der Waals surface area contributed by atoms with Gasteiger partial charge in [0.25, 0.3) is 0 Å². The molecule has 0 aromatic carbocycles. The summed E-state index contributed by atoms with van der Waals surface area (Å²) in [5, 5.41) is 3.75. The van der Waals surface area contributed by atoms with E-state index >= 15 is 0 Å². The summed E-state index contributed by atoms with van der Waals surface area (Å²) >= 11 is 0. The van der Waals surface area contributed by atoms with Crippen molar-refractivity contribution in [3.05, 3.63) is 0 Å². The maximum absolute atomic E-state index is 3.75. The van der Waals surface area contributed by atoms with Gasteiger partial charge in [-0.3, -0.25) is 0 Å². The third kappa shape index (κ3) is 5.89. The van der Waals surface area contributed by atoms with Crippen LogP contribution in [0, 0.1) is 11.3 Å². The highest BCUT2D eigenvalue weighted by Gasteiger charge is 2.23. The summed E-state index contributed by atoms with van der Waals surface area (Å²) < 4.78 is 0. The van der Waals surface area contributed by atoms with Crippen LogP contribution in [0.3, 0.4) is 0 Å². The van der Waals surface area contributed by atoms with E-state index in [0.717, 1.165) is 12.0 Å². The van der Waals surface area contributed by atoms with Gasteiger partial charge in [-0.1, -0.05) is 34.1 Å². The van der Waals surface area contributed by atoms with Gasteiger partial charge in [0.1, 0.15) is 0 Å². The summed E-state index contributed by atoms with van der Waals surface area (Å²) in [6.07, 6.45) is 9.71. The molecule has 1 heteroatoms. The van der Waals surface area contributed by atoms with Crippen LogP contribution in [0.25, 0.3) is 0 Å². The molecule has 0 amide bonds. The van der Waals surface area contributed by atoms with E-state index in [9.17, 15) is 0 Å². The normalized spacial score (nSPS) is 25.7. The lowest BCUT2D eigenvalue weighted by Gasteiger charge is -2.22. The Morgan fingerprint density at radius 1 is 1.19 bits per heavy atom. The Hall–Kier alpha value is -0.0400. The van der Waals surface area contributed by atoms with Crippen molar-refractivity contribution in [2.24, 2.45) is 11.3 Å². The van der Waals surface area contributed by atoms with Gasteiger partial charge in [0.15, 0.2) is 0 Å². The molecular formula is C15H31N. The van der Waals surface area contributed by atoms with Crippen LogP contribution < -0.4 is 5.32 Å². The van der Waals surface area contributed by atoms with E-state index in [4.69, 9.17) is 0 Å². The number of rotatable bonds is 5. The van der Waals surface area contributed by atoms with Crippen LogP contribution in [0.4, 0.5) is 0 Å². The molecule has 1 aliphatic carbocycles. The molecule has 0 aliphatic heterocycles. The molecule has 1 fully saturated rings. The molecule has 1 saturated carbocycles. The second-order valence-electron chi connectivity index (χ2n) is 6.78. The fraction of sp³-hybridized carbons (Fsp3) is 1.00. The van der Waals surface area contributed by atoms with Crippen LogP contribution >= 0.6 is 0 Å². The summed E-state index contributed by atoms with van der Waals surface area (Å²) in [5.74, 6) is 0.856. The number of nitrogens with one attached hydrogen (secondary N) is 1. The molecule has 1 N–H and O–H groups in total. The van der Waals surface area contributed by atoms with Crippen molar-refractivity contribution in [3.63, 3.8) is 0 Å². The van der Waals surface area contributed by atoms with Crippen molar-refractivity contribution in [3.8, 4) is 0 Å². The van der Waals surface area contributed by atoms with Gasteiger partial charge in [-0.05, 0) is 56.4 Å². The van der Waals surface area contributed by atoms with Gasteiger partial charge < -0.3 is 5.32 Å². The Morgan fingerprint density at radius 2 is 1.94 bits per heavy atom. The highest BCUT2D eigenvalue weighted by Crippen LogP contribution is 2.33. The van der Waals surface area contributed by atoms with E-state index < -0.39 is 0 Å². The summed E-state index contributed by atoms with van der Waals surface area (Å²) in [6.45, 7) is 10.7. The lowest BCUT2D eigenvalue weighted by molar-refractivity contribution is 0.309. The quantitative estimate of drug-likeness (QED) is 0.541. The van der Waals surface area contributed by atoms with Crippen molar-refractivity contribution in [2.75, 3.05) is 6.54 Å². The molecule has 0 heterocycles. The first-order valence-corrected chi connectivity index (χ1v) is 7.23. The molecule has 1 atom stereocenters. The van der Waals surface area contributed by atoms with E-state index in [-0.39, 0.29) is 0 Å². The first-order valence-electron chi connectivity index (χ1n) is 7.23. The number of hydrogen-bond acceptors (Lipinski definition) is 1. The fourth-order valence-electron chi connectivity index (χ4n) is 2.68. The van der Waals surface area contributed by atoms with E-state index in [2.05, 4.69) is 33.0 Å². The predicted octanol–water partition coefficient (Wildman–Crippen LogP) is 4.37. The third-order valence-corrected chi connectivity index (χ3v) is 3.97. The maximum atomic E-state index is 3.75. The molecule has 1 unspecified atom stereocenters. The smallest absolute Gasteiger partial charge is 0.00672 e. The fourth-order valence-corrected chi connectivity index (χ4v) is 2.68. The minimum Gasteiger partial charge on any atom is -0.314 e. The Morgan fingerprint density at radius 3 is 2.62 bits per heavy atom. The molecule has 1 rings (SSSR count). The van der Waals surface area contributed by atoms with Crippen molar-refractivity contribution < 1.29 is 0 Å². The molecule has 96 valence electrons. The zero-order chi connectivity index (χ0) is 12.0. The molecule has 0 bridgehead atoms. The molecule has 0 aromatic rings. The molecule has 1 aliphatic rings. The van der Waals surface area contributed by atoms with Gasteiger partial charge in [0, 0.05) is 6.04 Å². The molecule has 0 spiro atoms. The molecule has 16 heavy (non-hydrogen) atoms. The monoisotopic (exact) mass is 225 g/mol. The standard InChI is InChI=1S/C15H31N/c1-13(2)7-6-12-16-14-8-5-10-15(3,4)11-9-14/h13-14,16H,5-12H2,1-4H3. The Labute approximate surface area is 102 Å². The van der Waals surface area contributed by atoms with E-state index in [0.29, 0.717) is 5.41 Å². The van der Waals surface area contributed by atoms with Gasteiger partial charge in [-0.2, -0.15) is 0 Å². The molecule has 0 radical (unpaired) electrons. The molecular weight excluding hydrogens is 194 g/mol. The van der Waals surface area contributed by atoms with Crippen LogP contribution in [-0.2, 0) is 0 Å². The van der Waals surface area contributed by atoms with Crippen molar-refractivity contribution in [1.29, 1.82) is 0 Å². The van der Waals surface area contributed by atoms with Crippen LogP contribution in [0.5, 0.6) is 0 Å². The minimum atomic E-state index is 0.592. The first-order chi connectivity index (χ1) is 7.49. The summed E-state index contributed by atoms with van der Waals surface area (Å²) in [7, 11) is 0. The topological polar surface area (TPSA) is 12.0 Å². The predicted molar refractivity (Wildman–Crippen MR) is 72.7 cm³/mol. The van der Waals surface area contributed by atoms with Crippen LogP contribution in [0.1, 0.15) is 72.6 Å². The van der Waals surface area contributed by atoms with Crippen molar-refractivity contribution in [2.45, 2.75) is 78.7 Å². The summed E-state index contributed by atoms with van der Waals surface area (Å²) in [5.41, 5.74) is 0.592. The average Bonchev–Trinajstić information content (AvgIpc) is 2.34. The highest BCUT2D eigenvalue weighted by atomic mass is 14.9. The summed E-state index contributed by atoms with van der Waals surface area (Å²) in [6, 6.07) is 0.800. The number of hydrogen-bond donors (Lipinski definition) is 1. The second-order valence-corrected chi connectivity index (χ2v) is 6.78. The van der Waals surface area contributed by atoms with Gasteiger partial charge in [-0.15, -0.1) is 0 Å². The lowest BCUT2D eigenvalue weighted by Crippen LogP contribution is -2.29. The minimum absolute atomic E-state index is 0.592. The van der Waals surface area contributed by atoms with Crippen molar-refractivity contribution in [1.82, 2.24) is 5.32 Å². The summed E-state index contributed by atoms with van der Waals surface area (Å²) in [4.78, 5) is 0. The van der Waals surface area contributed by atoms with Gasteiger partial charge in [-0.25, -0.2) is 0 Å². The highest BCUT2D eigenvalue weighted by molar-refractivity contribution is 4.79. The Kier molecular flexibility index (Phi) is 5.82. The van der Waals surface area contributed by atoms with Crippen molar-refractivity contribution >= 4 is 0 Å². The zero-order valence-corrected chi connectivity index (χ0v) is 11.8. The average molecular weight is 225 g/mol. The first kappa shape index (κ1) is 14.0. The van der Waals surface area contributed by atoms with E-state index in [1.165, 1.54) is 51.5 Å². The lowest BCUT2D eigenvalue weighted by atomic mass is 9.85. The maximum Gasteiger partial charge on any atom is 0.00672 e. The molecule has 0 saturated heterocycles.